The molecule has 2 unspecified atom stereocenters. The summed E-state index contributed by atoms with van der Waals surface area (Å²) >= 11 is 0. The second kappa shape index (κ2) is 5.65. The van der Waals surface area contributed by atoms with Crippen LogP contribution in [0.5, 0.6) is 0 Å². The van der Waals surface area contributed by atoms with Crippen molar-refractivity contribution in [3.63, 3.8) is 0 Å². The molecular formula is C13H24N4. The summed E-state index contributed by atoms with van der Waals surface area (Å²) in [4.78, 5) is 2.57. The van der Waals surface area contributed by atoms with Crippen molar-refractivity contribution in [2.24, 2.45) is 5.92 Å². The zero-order valence-electron chi connectivity index (χ0n) is 11.2. The van der Waals surface area contributed by atoms with Crippen molar-refractivity contribution in [2.75, 3.05) is 26.7 Å². The summed E-state index contributed by atoms with van der Waals surface area (Å²) in [5, 5.41) is 7.74. The molecule has 0 radical (unpaired) electrons. The number of aromatic nitrogens is 2. The number of rotatable bonds is 5. The van der Waals surface area contributed by atoms with Crippen LogP contribution in [0.3, 0.4) is 0 Å². The highest BCUT2D eigenvalue weighted by molar-refractivity contribution is 5.11. The third-order valence-electron chi connectivity index (χ3n) is 3.85. The number of nitrogens with zero attached hydrogens (tertiary/aromatic N) is 3. The molecule has 0 saturated carbocycles. The normalized spacial score (nSPS) is 25.6. The van der Waals surface area contributed by atoms with E-state index in [0.29, 0.717) is 12.0 Å². The van der Waals surface area contributed by atoms with E-state index < -0.39 is 0 Å². The maximum atomic E-state index is 4.41. The molecule has 4 heteroatoms. The third kappa shape index (κ3) is 2.38. The van der Waals surface area contributed by atoms with Crippen molar-refractivity contribution in [1.82, 2.24) is 20.0 Å². The Hall–Kier alpha value is -0.870. The van der Waals surface area contributed by atoms with Gasteiger partial charge in [0.25, 0.3) is 0 Å². The van der Waals surface area contributed by atoms with Crippen molar-refractivity contribution < 1.29 is 0 Å². The Labute approximate surface area is 104 Å². The fraction of sp³-hybridized carbons (Fsp3) is 0.769. The van der Waals surface area contributed by atoms with Crippen LogP contribution in [0.1, 0.15) is 32.0 Å². The fourth-order valence-corrected chi connectivity index (χ4v) is 3.04. The number of hydrogen-bond acceptors (Lipinski definition) is 3. The van der Waals surface area contributed by atoms with Crippen molar-refractivity contribution in [3.05, 3.63) is 18.0 Å². The van der Waals surface area contributed by atoms with Crippen LogP contribution in [-0.2, 0) is 6.54 Å². The molecule has 0 bridgehead atoms. The quantitative estimate of drug-likeness (QED) is 0.841. The van der Waals surface area contributed by atoms with Gasteiger partial charge >= 0.3 is 0 Å². The summed E-state index contributed by atoms with van der Waals surface area (Å²) in [6.45, 7) is 8.80. The van der Waals surface area contributed by atoms with Crippen molar-refractivity contribution in [1.29, 1.82) is 0 Å². The molecule has 0 amide bonds. The maximum Gasteiger partial charge on any atom is 0.0559 e. The second-order valence-corrected chi connectivity index (χ2v) is 4.75. The van der Waals surface area contributed by atoms with Crippen LogP contribution in [-0.4, -0.2) is 41.4 Å². The Morgan fingerprint density at radius 1 is 1.41 bits per heavy atom. The molecule has 1 fully saturated rings. The molecule has 1 aliphatic heterocycles. The molecule has 2 heterocycles. The zero-order valence-corrected chi connectivity index (χ0v) is 11.2. The smallest absolute Gasteiger partial charge is 0.0559 e. The Morgan fingerprint density at radius 2 is 2.24 bits per heavy atom. The van der Waals surface area contributed by atoms with E-state index in [1.54, 1.807) is 0 Å². The molecule has 1 N–H and O–H groups in total. The predicted octanol–water partition coefficient (Wildman–Crippen LogP) is 1.51. The van der Waals surface area contributed by atoms with Crippen molar-refractivity contribution in [3.8, 4) is 0 Å². The van der Waals surface area contributed by atoms with Gasteiger partial charge < -0.3 is 5.32 Å². The van der Waals surface area contributed by atoms with Gasteiger partial charge in [-0.15, -0.1) is 0 Å². The average Bonchev–Trinajstić information content (AvgIpc) is 2.94. The van der Waals surface area contributed by atoms with Crippen LogP contribution >= 0.6 is 0 Å². The van der Waals surface area contributed by atoms with Crippen LogP contribution in [0.25, 0.3) is 0 Å². The Kier molecular flexibility index (Phi) is 4.18. The van der Waals surface area contributed by atoms with Gasteiger partial charge in [0.05, 0.1) is 11.7 Å². The highest BCUT2D eigenvalue weighted by Crippen LogP contribution is 2.36. The standard InChI is InChI=1S/C13H24N4/c1-4-16-9-7-11(10-14-3)13(16)12-6-8-15-17(12)5-2/h6,8,11,13-14H,4-5,7,9-10H2,1-3H3. The third-order valence-corrected chi connectivity index (χ3v) is 3.85. The molecule has 1 saturated heterocycles. The van der Waals surface area contributed by atoms with E-state index in [1.807, 2.05) is 13.2 Å². The van der Waals surface area contributed by atoms with Gasteiger partial charge in [-0.05, 0) is 52.0 Å². The summed E-state index contributed by atoms with van der Waals surface area (Å²) in [5.41, 5.74) is 1.38. The van der Waals surface area contributed by atoms with Gasteiger partial charge in [-0.2, -0.15) is 5.10 Å². The molecule has 0 aromatic carbocycles. The minimum absolute atomic E-state index is 0.537. The summed E-state index contributed by atoms with van der Waals surface area (Å²) in [6.07, 6.45) is 3.22. The van der Waals surface area contributed by atoms with Gasteiger partial charge in [-0.3, -0.25) is 9.58 Å². The molecule has 1 aromatic heterocycles. The molecule has 2 rings (SSSR count). The lowest BCUT2D eigenvalue weighted by Crippen LogP contribution is -2.30. The van der Waals surface area contributed by atoms with Crippen molar-refractivity contribution >= 4 is 0 Å². The van der Waals surface area contributed by atoms with E-state index in [4.69, 9.17) is 0 Å². The first-order chi connectivity index (χ1) is 8.31. The van der Waals surface area contributed by atoms with Gasteiger partial charge in [0.2, 0.25) is 0 Å². The first kappa shape index (κ1) is 12.6. The van der Waals surface area contributed by atoms with Gasteiger partial charge in [0.1, 0.15) is 0 Å². The summed E-state index contributed by atoms with van der Waals surface area (Å²) in [6, 6.07) is 2.72. The van der Waals surface area contributed by atoms with Crippen LogP contribution in [0.2, 0.25) is 0 Å². The Balaban J connectivity index is 2.24. The summed E-state index contributed by atoms with van der Waals surface area (Å²) in [7, 11) is 2.04. The monoisotopic (exact) mass is 236 g/mol. The number of hydrogen-bond donors (Lipinski definition) is 1. The minimum Gasteiger partial charge on any atom is -0.319 e. The van der Waals surface area contributed by atoms with Crippen LogP contribution in [0.4, 0.5) is 0 Å². The molecular weight excluding hydrogens is 212 g/mol. The fourth-order valence-electron chi connectivity index (χ4n) is 3.04. The highest BCUT2D eigenvalue weighted by atomic mass is 15.3. The Bertz CT molecular complexity index is 347. The number of aryl methyl sites for hydroxylation is 1. The maximum absolute atomic E-state index is 4.41. The van der Waals surface area contributed by atoms with Crippen LogP contribution in [0, 0.1) is 5.92 Å². The van der Waals surface area contributed by atoms with Gasteiger partial charge in [-0.1, -0.05) is 6.92 Å². The lowest BCUT2D eigenvalue weighted by atomic mass is 9.97. The summed E-state index contributed by atoms with van der Waals surface area (Å²) < 4.78 is 2.14. The first-order valence-electron chi connectivity index (χ1n) is 6.72. The molecule has 4 nitrogen and oxygen atoms in total. The molecule has 17 heavy (non-hydrogen) atoms. The molecule has 0 spiro atoms. The molecule has 1 aromatic rings. The minimum atomic E-state index is 0.537. The van der Waals surface area contributed by atoms with Crippen LogP contribution < -0.4 is 5.32 Å². The lowest BCUT2D eigenvalue weighted by Gasteiger charge is -2.27. The first-order valence-corrected chi connectivity index (χ1v) is 6.72. The van der Waals surface area contributed by atoms with E-state index >= 15 is 0 Å². The van der Waals surface area contributed by atoms with E-state index in [9.17, 15) is 0 Å². The largest absolute Gasteiger partial charge is 0.319 e. The SMILES string of the molecule is CCN1CCC(CNC)C1c1ccnn1CC. The molecule has 1 aliphatic rings. The topological polar surface area (TPSA) is 33.1 Å². The van der Waals surface area contributed by atoms with E-state index in [-0.39, 0.29) is 0 Å². The van der Waals surface area contributed by atoms with Gasteiger partial charge in [-0.25, -0.2) is 0 Å². The van der Waals surface area contributed by atoms with Gasteiger partial charge in [0, 0.05) is 12.7 Å². The van der Waals surface area contributed by atoms with E-state index in [2.05, 4.69) is 39.9 Å². The lowest BCUT2D eigenvalue weighted by molar-refractivity contribution is 0.226. The molecule has 0 aliphatic carbocycles. The highest BCUT2D eigenvalue weighted by Gasteiger charge is 2.35. The van der Waals surface area contributed by atoms with E-state index in [0.717, 1.165) is 19.6 Å². The Morgan fingerprint density at radius 3 is 2.88 bits per heavy atom. The van der Waals surface area contributed by atoms with Crippen molar-refractivity contribution in [2.45, 2.75) is 32.9 Å². The number of nitrogens with one attached hydrogen (secondary N) is 1. The van der Waals surface area contributed by atoms with Crippen LogP contribution in [0.15, 0.2) is 12.3 Å². The molecule has 96 valence electrons. The number of likely N-dealkylation sites (tertiary alicyclic amines) is 1. The summed E-state index contributed by atoms with van der Waals surface area (Å²) in [5.74, 6) is 0.710. The van der Waals surface area contributed by atoms with E-state index in [1.165, 1.54) is 18.7 Å². The average molecular weight is 236 g/mol. The van der Waals surface area contributed by atoms with Gasteiger partial charge in [0.15, 0.2) is 0 Å². The molecule has 2 atom stereocenters. The zero-order chi connectivity index (χ0) is 12.3. The second-order valence-electron chi connectivity index (χ2n) is 4.75. The predicted molar refractivity (Wildman–Crippen MR) is 69.9 cm³/mol.